The summed E-state index contributed by atoms with van der Waals surface area (Å²) in [7, 11) is 0. The third-order valence-electron chi connectivity index (χ3n) is 3.11. The lowest BCUT2D eigenvalue weighted by molar-refractivity contribution is -0.151. The molecule has 0 amide bonds. The average molecular weight is 247 g/mol. The number of hydrogen-bond donors (Lipinski definition) is 0. The van der Waals surface area contributed by atoms with Crippen molar-refractivity contribution in [1.29, 1.82) is 0 Å². The summed E-state index contributed by atoms with van der Waals surface area (Å²) in [6, 6.07) is 9.81. The number of anilines is 1. The summed E-state index contributed by atoms with van der Waals surface area (Å²) in [5.41, 5.74) is 1.04. The SMILES string of the molecule is CCOC(=O)C1CN(c2ccccc2)CCC1=O. The molecule has 0 N–H and O–H groups in total. The molecule has 1 aliphatic rings. The fraction of sp³-hybridized carbons (Fsp3) is 0.429. The molecule has 1 fully saturated rings. The fourth-order valence-electron chi connectivity index (χ4n) is 2.16. The normalized spacial score (nSPS) is 19.7. The van der Waals surface area contributed by atoms with E-state index < -0.39 is 11.9 Å². The molecule has 1 atom stereocenters. The maximum absolute atomic E-state index is 11.8. The molecule has 18 heavy (non-hydrogen) atoms. The first-order valence-electron chi connectivity index (χ1n) is 6.21. The number of rotatable bonds is 3. The van der Waals surface area contributed by atoms with Crippen LogP contribution in [0.3, 0.4) is 0 Å². The first-order valence-corrected chi connectivity index (χ1v) is 6.21. The topological polar surface area (TPSA) is 46.6 Å². The summed E-state index contributed by atoms with van der Waals surface area (Å²) in [4.78, 5) is 25.5. The Kier molecular flexibility index (Phi) is 3.97. The Morgan fingerprint density at radius 3 is 2.78 bits per heavy atom. The highest BCUT2D eigenvalue weighted by Gasteiger charge is 2.33. The number of nitrogens with zero attached hydrogens (tertiary/aromatic N) is 1. The molecule has 0 spiro atoms. The Balaban J connectivity index is 2.09. The number of ether oxygens (including phenoxy) is 1. The van der Waals surface area contributed by atoms with Crippen LogP contribution < -0.4 is 4.90 Å². The molecule has 1 aliphatic heterocycles. The van der Waals surface area contributed by atoms with Crippen molar-refractivity contribution >= 4 is 17.4 Å². The molecule has 4 heteroatoms. The maximum atomic E-state index is 11.8. The second-order valence-corrected chi connectivity index (χ2v) is 4.30. The van der Waals surface area contributed by atoms with E-state index in [1.165, 1.54) is 0 Å². The highest BCUT2D eigenvalue weighted by atomic mass is 16.5. The monoisotopic (exact) mass is 247 g/mol. The van der Waals surface area contributed by atoms with Crippen molar-refractivity contribution in [1.82, 2.24) is 0 Å². The molecular formula is C14H17NO3. The zero-order valence-electron chi connectivity index (χ0n) is 10.5. The quantitative estimate of drug-likeness (QED) is 0.602. The van der Waals surface area contributed by atoms with Crippen molar-refractivity contribution in [2.24, 2.45) is 5.92 Å². The minimum Gasteiger partial charge on any atom is -0.465 e. The molecule has 4 nitrogen and oxygen atoms in total. The highest BCUT2D eigenvalue weighted by molar-refractivity contribution is 6.00. The van der Waals surface area contributed by atoms with E-state index in [2.05, 4.69) is 4.90 Å². The summed E-state index contributed by atoms with van der Waals surface area (Å²) in [5.74, 6) is -1.05. The lowest BCUT2D eigenvalue weighted by Gasteiger charge is -2.32. The minimum atomic E-state index is -0.640. The number of Topliss-reactive ketones (excluding diaryl/α,β-unsaturated/α-hetero) is 1. The second kappa shape index (κ2) is 5.67. The number of hydrogen-bond acceptors (Lipinski definition) is 4. The van der Waals surface area contributed by atoms with E-state index in [0.29, 0.717) is 26.1 Å². The van der Waals surface area contributed by atoms with E-state index in [9.17, 15) is 9.59 Å². The largest absolute Gasteiger partial charge is 0.465 e. The summed E-state index contributed by atoms with van der Waals surface area (Å²) in [5, 5.41) is 0. The van der Waals surface area contributed by atoms with Gasteiger partial charge in [-0.25, -0.2) is 0 Å². The number of para-hydroxylation sites is 1. The number of benzene rings is 1. The number of esters is 1. The van der Waals surface area contributed by atoms with Gasteiger partial charge in [0.05, 0.1) is 6.61 Å². The predicted molar refractivity (Wildman–Crippen MR) is 68.4 cm³/mol. The van der Waals surface area contributed by atoms with Crippen LogP contribution in [0.1, 0.15) is 13.3 Å². The molecule has 0 aliphatic carbocycles. The van der Waals surface area contributed by atoms with E-state index in [1.807, 2.05) is 30.3 Å². The number of carbonyl (C=O) groups is 2. The Hall–Kier alpha value is -1.84. The second-order valence-electron chi connectivity index (χ2n) is 4.30. The van der Waals surface area contributed by atoms with E-state index in [0.717, 1.165) is 5.69 Å². The Morgan fingerprint density at radius 1 is 1.39 bits per heavy atom. The van der Waals surface area contributed by atoms with E-state index in [1.54, 1.807) is 6.92 Å². The van der Waals surface area contributed by atoms with Gasteiger partial charge in [0.15, 0.2) is 5.78 Å². The van der Waals surface area contributed by atoms with Gasteiger partial charge in [0.2, 0.25) is 0 Å². The molecular weight excluding hydrogens is 230 g/mol. The van der Waals surface area contributed by atoms with Crippen LogP contribution in [0.25, 0.3) is 0 Å². The van der Waals surface area contributed by atoms with Crippen LogP contribution in [0.2, 0.25) is 0 Å². The van der Waals surface area contributed by atoms with Crippen molar-refractivity contribution in [3.63, 3.8) is 0 Å². The maximum Gasteiger partial charge on any atom is 0.318 e. The van der Waals surface area contributed by atoms with Gasteiger partial charge in [-0.05, 0) is 19.1 Å². The van der Waals surface area contributed by atoms with Crippen molar-refractivity contribution in [2.75, 3.05) is 24.6 Å². The fourth-order valence-corrected chi connectivity index (χ4v) is 2.16. The van der Waals surface area contributed by atoms with Crippen molar-refractivity contribution < 1.29 is 14.3 Å². The van der Waals surface area contributed by atoms with Crippen LogP contribution in [0.4, 0.5) is 5.69 Å². The number of carbonyl (C=O) groups excluding carboxylic acids is 2. The highest BCUT2D eigenvalue weighted by Crippen LogP contribution is 2.21. The van der Waals surface area contributed by atoms with Crippen molar-refractivity contribution in [3.8, 4) is 0 Å². The van der Waals surface area contributed by atoms with Crippen LogP contribution in [0.5, 0.6) is 0 Å². The lowest BCUT2D eigenvalue weighted by Crippen LogP contribution is -2.45. The van der Waals surface area contributed by atoms with Gasteiger partial charge < -0.3 is 9.64 Å². The van der Waals surface area contributed by atoms with Crippen LogP contribution >= 0.6 is 0 Å². The summed E-state index contributed by atoms with van der Waals surface area (Å²) >= 11 is 0. The summed E-state index contributed by atoms with van der Waals surface area (Å²) in [6.45, 7) is 3.15. The lowest BCUT2D eigenvalue weighted by atomic mass is 9.96. The molecule has 1 unspecified atom stereocenters. The average Bonchev–Trinajstić information content (AvgIpc) is 2.40. The number of piperidine rings is 1. The van der Waals surface area contributed by atoms with Gasteiger partial charge in [0, 0.05) is 25.2 Å². The van der Waals surface area contributed by atoms with Crippen molar-refractivity contribution in [3.05, 3.63) is 30.3 Å². The zero-order valence-corrected chi connectivity index (χ0v) is 10.5. The van der Waals surface area contributed by atoms with Gasteiger partial charge in [-0.3, -0.25) is 9.59 Å². The molecule has 0 saturated carbocycles. The number of ketones is 1. The van der Waals surface area contributed by atoms with E-state index in [4.69, 9.17) is 4.74 Å². The molecule has 2 rings (SSSR count). The van der Waals surface area contributed by atoms with Crippen LogP contribution in [-0.2, 0) is 14.3 Å². The van der Waals surface area contributed by atoms with Gasteiger partial charge in [-0.1, -0.05) is 18.2 Å². The Bertz CT molecular complexity index is 430. The Morgan fingerprint density at radius 2 is 2.11 bits per heavy atom. The predicted octanol–water partition coefficient (Wildman–Crippen LogP) is 1.65. The standard InChI is InChI=1S/C14H17NO3/c1-2-18-14(17)12-10-15(9-8-13(12)16)11-6-4-3-5-7-11/h3-7,12H,2,8-10H2,1H3. The molecule has 1 heterocycles. The molecule has 96 valence electrons. The van der Waals surface area contributed by atoms with E-state index in [-0.39, 0.29) is 5.78 Å². The van der Waals surface area contributed by atoms with Gasteiger partial charge >= 0.3 is 5.97 Å². The third kappa shape index (κ3) is 2.70. The third-order valence-corrected chi connectivity index (χ3v) is 3.11. The smallest absolute Gasteiger partial charge is 0.318 e. The van der Waals surface area contributed by atoms with Crippen LogP contribution in [-0.4, -0.2) is 31.4 Å². The van der Waals surface area contributed by atoms with Gasteiger partial charge in [0.1, 0.15) is 5.92 Å². The molecule has 0 radical (unpaired) electrons. The van der Waals surface area contributed by atoms with Gasteiger partial charge in [-0.2, -0.15) is 0 Å². The zero-order chi connectivity index (χ0) is 13.0. The first-order chi connectivity index (χ1) is 8.72. The van der Waals surface area contributed by atoms with Crippen LogP contribution in [0, 0.1) is 5.92 Å². The first kappa shape index (κ1) is 12.6. The van der Waals surface area contributed by atoms with Crippen molar-refractivity contribution in [2.45, 2.75) is 13.3 Å². The summed E-state index contributed by atoms with van der Waals surface area (Å²) in [6.07, 6.45) is 0.401. The van der Waals surface area contributed by atoms with Crippen LogP contribution in [0.15, 0.2) is 30.3 Å². The summed E-state index contributed by atoms with van der Waals surface area (Å²) < 4.78 is 4.95. The molecule has 1 aromatic carbocycles. The van der Waals surface area contributed by atoms with Gasteiger partial charge in [-0.15, -0.1) is 0 Å². The molecule has 0 bridgehead atoms. The Labute approximate surface area is 107 Å². The van der Waals surface area contributed by atoms with E-state index >= 15 is 0 Å². The minimum absolute atomic E-state index is 0.0133. The molecule has 1 aromatic rings. The van der Waals surface area contributed by atoms with Gasteiger partial charge in [0.25, 0.3) is 0 Å². The molecule has 1 saturated heterocycles. The molecule has 0 aromatic heterocycles.